The number of β-amino-alcohol motifs (C(OH)–C–C–N with tert-alkyl or cyclic N) is 1. The van der Waals surface area contributed by atoms with E-state index in [1.54, 1.807) is 24.2 Å². The molecule has 0 radical (unpaired) electrons. The summed E-state index contributed by atoms with van der Waals surface area (Å²) in [5.41, 5.74) is 1.29. The number of nitrogens with one attached hydrogen (secondary N) is 2. The highest BCUT2D eigenvalue weighted by molar-refractivity contribution is 5.97. The van der Waals surface area contributed by atoms with Crippen LogP contribution in [0.15, 0.2) is 42.7 Å². The van der Waals surface area contributed by atoms with Crippen molar-refractivity contribution in [3.8, 4) is 28.6 Å². The van der Waals surface area contributed by atoms with Crippen LogP contribution in [0.1, 0.15) is 31.9 Å². The minimum atomic E-state index is -0.892. The minimum Gasteiger partial charge on any atom is -0.506 e. The number of benzene rings is 2. The lowest BCUT2D eigenvalue weighted by molar-refractivity contribution is -0.118. The van der Waals surface area contributed by atoms with E-state index in [-0.39, 0.29) is 36.0 Å². The topological polar surface area (TPSA) is 131 Å². The number of aromatic hydroxyl groups is 1. The second-order valence-corrected chi connectivity index (χ2v) is 8.81. The van der Waals surface area contributed by atoms with E-state index in [0.29, 0.717) is 23.7 Å². The average Bonchev–Trinajstić information content (AvgIpc) is 3.31. The number of hydrogen-bond acceptors (Lipinski definition) is 8. The van der Waals surface area contributed by atoms with E-state index in [2.05, 4.69) is 20.7 Å². The highest BCUT2D eigenvalue weighted by Gasteiger charge is 2.27. The van der Waals surface area contributed by atoms with E-state index in [1.807, 2.05) is 38.1 Å². The number of phenolic OH excluding ortho intramolecular Hbond substituents is 1. The lowest BCUT2D eigenvalue weighted by Crippen LogP contribution is -2.42. The van der Waals surface area contributed by atoms with Gasteiger partial charge in [-0.1, -0.05) is 0 Å². The van der Waals surface area contributed by atoms with Crippen molar-refractivity contribution in [2.75, 3.05) is 25.6 Å². The van der Waals surface area contributed by atoms with Crippen LogP contribution < -0.4 is 20.1 Å². The maximum absolute atomic E-state index is 11.6. The molecule has 34 heavy (non-hydrogen) atoms. The van der Waals surface area contributed by atoms with Gasteiger partial charge in [-0.2, -0.15) is 5.10 Å². The zero-order chi connectivity index (χ0) is 24.3. The Kier molecular flexibility index (Phi) is 6.71. The standard InChI is InChI=1S/C24H29N5O5/c1-24(2,10-11-29-14-25-23(28-29)15-4-6-16(33-3)7-5-15)26-12-19(31)17-8-9-18(30)21-22(17)34-13-20(32)27-21/h4-9,14,19,26,30-31H,10-13H2,1-3H3,(H,27,32). The van der Waals surface area contributed by atoms with Crippen LogP contribution in [-0.2, 0) is 11.3 Å². The van der Waals surface area contributed by atoms with Crippen LogP contribution in [0.3, 0.4) is 0 Å². The second-order valence-electron chi connectivity index (χ2n) is 8.81. The van der Waals surface area contributed by atoms with Gasteiger partial charge in [0.15, 0.2) is 18.2 Å². The van der Waals surface area contributed by atoms with Crippen LogP contribution in [0.25, 0.3) is 11.4 Å². The molecule has 180 valence electrons. The number of carbonyl (C=O) groups is 1. The first kappa shape index (κ1) is 23.5. The molecule has 4 N–H and O–H groups in total. The number of methoxy groups -OCH3 is 1. The Hall–Kier alpha value is -3.63. The number of anilines is 1. The lowest BCUT2D eigenvalue weighted by Gasteiger charge is -2.29. The lowest BCUT2D eigenvalue weighted by atomic mass is 9.99. The molecule has 4 rings (SSSR count). The Labute approximate surface area is 197 Å². The number of phenols is 1. The molecular weight excluding hydrogens is 438 g/mol. The van der Waals surface area contributed by atoms with Gasteiger partial charge in [0, 0.05) is 29.8 Å². The number of hydrogen-bond donors (Lipinski definition) is 4. The molecule has 1 aliphatic heterocycles. The Morgan fingerprint density at radius 1 is 1.26 bits per heavy atom. The molecule has 1 unspecified atom stereocenters. The molecule has 0 saturated carbocycles. The molecule has 0 saturated heterocycles. The van der Waals surface area contributed by atoms with Crippen molar-refractivity contribution in [1.82, 2.24) is 20.1 Å². The Balaban J connectivity index is 1.34. The highest BCUT2D eigenvalue weighted by Crippen LogP contribution is 2.41. The number of nitrogens with zero attached hydrogens (tertiary/aromatic N) is 3. The number of aliphatic hydroxyl groups is 1. The van der Waals surface area contributed by atoms with Gasteiger partial charge in [0.1, 0.15) is 23.5 Å². The molecule has 0 aliphatic carbocycles. The normalized spacial score (nSPS) is 14.2. The SMILES string of the molecule is COc1ccc(-c2ncn(CCC(C)(C)NCC(O)c3ccc(O)c4c3OCC(=O)N4)n2)cc1. The fourth-order valence-electron chi connectivity index (χ4n) is 3.68. The van der Waals surface area contributed by atoms with Crippen LogP contribution >= 0.6 is 0 Å². The van der Waals surface area contributed by atoms with Crippen molar-refractivity contribution >= 4 is 11.6 Å². The van der Waals surface area contributed by atoms with Crippen molar-refractivity contribution in [2.45, 2.75) is 38.5 Å². The molecule has 2 aromatic carbocycles. The van der Waals surface area contributed by atoms with Crippen LogP contribution in [0.4, 0.5) is 5.69 Å². The van der Waals surface area contributed by atoms with E-state index in [4.69, 9.17) is 9.47 Å². The summed E-state index contributed by atoms with van der Waals surface area (Å²) in [5, 5.41) is 31.3. The minimum absolute atomic E-state index is 0.103. The second kappa shape index (κ2) is 9.70. The number of rotatable bonds is 9. The van der Waals surface area contributed by atoms with Gasteiger partial charge in [0.25, 0.3) is 5.91 Å². The summed E-state index contributed by atoms with van der Waals surface area (Å²) in [6, 6.07) is 10.6. The number of aromatic nitrogens is 3. The number of aliphatic hydroxyl groups excluding tert-OH is 1. The maximum atomic E-state index is 11.6. The van der Waals surface area contributed by atoms with Gasteiger partial charge in [-0.05, 0) is 56.7 Å². The molecule has 0 spiro atoms. The predicted octanol–water partition coefficient (Wildman–Crippen LogP) is 2.48. The largest absolute Gasteiger partial charge is 0.506 e. The third-order valence-electron chi connectivity index (χ3n) is 5.76. The van der Waals surface area contributed by atoms with Crippen LogP contribution in [0.5, 0.6) is 17.2 Å². The van der Waals surface area contributed by atoms with Gasteiger partial charge in [0.05, 0.1) is 13.2 Å². The molecule has 10 heteroatoms. The summed E-state index contributed by atoms with van der Waals surface area (Å²) in [6.07, 6.45) is 1.56. The predicted molar refractivity (Wildman–Crippen MR) is 126 cm³/mol. The third kappa shape index (κ3) is 5.29. The van der Waals surface area contributed by atoms with Crippen molar-refractivity contribution in [3.63, 3.8) is 0 Å². The average molecular weight is 468 g/mol. The fraction of sp³-hybridized carbons (Fsp3) is 0.375. The van der Waals surface area contributed by atoms with Crippen LogP contribution in [0, 0.1) is 0 Å². The Morgan fingerprint density at radius 3 is 2.76 bits per heavy atom. The zero-order valence-electron chi connectivity index (χ0n) is 19.4. The first-order valence-corrected chi connectivity index (χ1v) is 11.0. The van der Waals surface area contributed by atoms with Gasteiger partial charge in [0.2, 0.25) is 0 Å². The summed E-state index contributed by atoms with van der Waals surface area (Å²) in [6.45, 7) is 4.83. The van der Waals surface area contributed by atoms with E-state index >= 15 is 0 Å². The van der Waals surface area contributed by atoms with Crippen LogP contribution in [0.2, 0.25) is 0 Å². The summed E-state index contributed by atoms with van der Waals surface area (Å²) in [7, 11) is 1.63. The summed E-state index contributed by atoms with van der Waals surface area (Å²) in [5.74, 6) is 1.27. The summed E-state index contributed by atoms with van der Waals surface area (Å²) >= 11 is 0. The van der Waals surface area contributed by atoms with E-state index in [9.17, 15) is 15.0 Å². The smallest absolute Gasteiger partial charge is 0.262 e. The molecule has 2 heterocycles. The molecule has 1 aliphatic rings. The van der Waals surface area contributed by atoms with Gasteiger partial charge in [-0.15, -0.1) is 0 Å². The monoisotopic (exact) mass is 467 g/mol. The Bertz CT molecular complexity index is 1160. The number of ether oxygens (including phenoxy) is 2. The molecule has 0 bridgehead atoms. The first-order valence-electron chi connectivity index (χ1n) is 11.0. The Morgan fingerprint density at radius 2 is 2.03 bits per heavy atom. The van der Waals surface area contributed by atoms with Crippen molar-refractivity contribution in [2.24, 2.45) is 0 Å². The zero-order valence-corrected chi connectivity index (χ0v) is 19.4. The van der Waals surface area contributed by atoms with Gasteiger partial charge < -0.3 is 30.3 Å². The van der Waals surface area contributed by atoms with Crippen LogP contribution in [-0.4, -0.2) is 56.7 Å². The maximum Gasteiger partial charge on any atom is 0.262 e. The molecular formula is C24H29N5O5. The first-order chi connectivity index (χ1) is 16.3. The molecule has 3 aromatic rings. The third-order valence-corrected chi connectivity index (χ3v) is 5.76. The molecule has 1 aromatic heterocycles. The van der Waals surface area contributed by atoms with E-state index in [1.165, 1.54) is 6.07 Å². The summed E-state index contributed by atoms with van der Waals surface area (Å²) in [4.78, 5) is 16.0. The molecule has 10 nitrogen and oxygen atoms in total. The fourth-order valence-corrected chi connectivity index (χ4v) is 3.68. The van der Waals surface area contributed by atoms with E-state index in [0.717, 1.165) is 17.7 Å². The molecule has 1 amide bonds. The molecule has 1 atom stereocenters. The number of carbonyl (C=O) groups excluding carboxylic acids is 1. The summed E-state index contributed by atoms with van der Waals surface area (Å²) < 4.78 is 12.5. The highest BCUT2D eigenvalue weighted by atomic mass is 16.5. The van der Waals surface area contributed by atoms with Gasteiger partial charge >= 0.3 is 0 Å². The number of aryl methyl sites for hydroxylation is 1. The van der Waals surface area contributed by atoms with Crippen molar-refractivity contribution in [1.29, 1.82) is 0 Å². The van der Waals surface area contributed by atoms with Crippen molar-refractivity contribution < 1.29 is 24.5 Å². The quantitative estimate of drug-likeness (QED) is 0.353. The van der Waals surface area contributed by atoms with Crippen molar-refractivity contribution in [3.05, 3.63) is 48.3 Å². The number of amides is 1. The van der Waals surface area contributed by atoms with Gasteiger partial charge in [-0.25, -0.2) is 4.98 Å². The van der Waals surface area contributed by atoms with Gasteiger partial charge in [-0.3, -0.25) is 9.48 Å². The molecule has 0 fully saturated rings. The van der Waals surface area contributed by atoms with E-state index < -0.39 is 6.10 Å². The number of fused-ring (bicyclic) bond motifs is 1.